The highest BCUT2D eigenvalue weighted by atomic mass is 32.1. The van der Waals surface area contributed by atoms with Gasteiger partial charge in [0.05, 0.1) is 0 Å². The number of benzene rings is 2. The normalized spacial score (nSPS) is 10.5. The third-order valence-corrected chi connectivity index (χ3v) is 3.84. The summed E-state index contributed by atoms with van der Waals surface area (Å²) in [5, 5.41) is 2.79. The average Bonchev–Trinajstić information content (AvgIpc) is 2.53. The van der Waals surface area contributed by atoms with Gasteiger partial charge in [-0.15, -0.1) is 0 Å². The van der Waals surface area contributed by atoms with Crippen LogP contribution in [-0.2, 0) is 4.79 Å². The smallest absolute Gasteiger partial charge is 0.262 e. The van der Waals surface area contributed by atoms with Gasteiger partial charge in [-0.05, 0) is 54.3 Å². The van der Waals surface area contributed by atoms with E-state index in [4.69, 9.17) is 22.7 Å². The van der Waals surface area contributed by atoms with Crippen molar-refractivity contribution in [3.63, 3.8) is 0 Å². The van der Waals surface area contributed by atoms with Crippen molar-refractivity contribution in [1.29, 1.82) is 0 Å². The maximum atomic E-state index is 12.1. The Hall–Kier alpha value is -2.40. The lowest BCUT2D eigenvalue weighted by atomic mass is 10.0. The Morgan fingerprint density at radius 3 is 2.46 bits per heavy atom. The molecule has 0 aliphatic carbocycles. The molecule has 0 unspecified atom stereocenters. The molecular weight excluding hydrogens is 320 g/mol. The van der Waals surface area contributed by atoms with Crippen LogP contribution < -0.4 is 15.8 Å². The van der Waals surface area contributed by atoms with Crippen LogP contribution in [0.15, 0.2) is 42.5 Å². The first-order valence-corrected chi connectivity index (χ1v) is 8.20. The topological polar surface area (TPSA) is 64.3 Å². The van der Waals surface area contributed by atoms with Crippen molar-refractivity contribution < 1.29 is 9.53 Å². The number of amides is 1. The van der Waals surface area contributed by atoms with Crippen LogP contribution in [-0.4, -0.2) is 17.5 Å². The molecule has 0 radical (unpaired) electrons. The van der Waals surface area contributed by atoms with E-state index in [2.05, 4.69) is 19.2 Å². The fraction of sp³-hybridized carbons (Fsp3) is 0.263. The highest BCUT2D eigenvalue weighted by Crippen LogP contribution is 2.27. The Kier molecular flexibility index (Phi) is 5.93. The second kappa shape index (κ2) is 7.93. The van der Waals surface area contributed by atoms with E-state index in [1.54, 1.807) is 24.3 Å². The van der Waals surface area contributed by atoms with Crippen LogP contribution in [0.3, 0.4) is 0 Å². The van der Waals surface area contributed by atoms with E-state index in [1.165, 1.54) is 0 Å². The molecule has 126 valence electrons. The van der Waals surface area contributed by atoms with Crippen molar-refractivity contribution in [1.82, 2.24) is 0 Å². The highest BCUT2D eigenvalue weighted by molar-refractivity contribution is 7.80. The van der Waals surface area contributed by atoms with E-state index in [1.807, 2.05) is 25.1 Å². The van der Waals surface area contributed by atoms with Crippen LogP contribution in [0.25, 0.3) is 0 Å². The van der Waals surface area contributed by atoms with Crippen molar-refractivity contribution in [3.05, 3.63) is 59.2 Å². The number of ether oxygens (including phenoxy) is 1. The summed E-state index contributed by atoms with van der Waals surface area (Å²) in [5.41, 5.74) is 9.19. The first-order valence-electron chi connectivity index (χ1n) is 7.80. The summed E-state index contributed by atoms with van der Waals surface area (Å²) in [4.78, 5) is 12.4. The molecule has 5 heteroatoms. The fourth-order valence-electron chi connectivity index (χ4n) is 2.30. The number of thiocarbonyl (C=S) groups is 1. The molecule has 24 heavy (non-hydrogen) atoms. The fourth-order valence-corrected chi connectivity index (χ4v) is 2.44. The summed E-state index contributed by atoms with van der Waals surface area (Å²) in [6.07, 6.45) is 0. The molecule has 3 N–H and O–H groups in total. The lowest BCUT2D eigenvalue weighted by molar-refractivity contribution is -0.118. The van der Waals surface area contributed by atoms with Crippen LogP contribution in [0.1, 0.15) is 36.5 Å². The molecule has 0 aliphatic heterocycles. The van der Waals surface area contributed by atoms with Gasteiger partial charge in [0.25, 0.3) is 5.91 Å². The van der Waals surface area contributed by atoms with Crippen LogP contribution in [0.4, 0.5) is 5.69 Å². The van der Waals surface area contributed by atoms with Gasteiger partial charge >= 0.3 is 0 Å². The molecule has 0 aromatic heterocycles. The summed E-state index contributed by atoms with van der Waals surface area (Å²) < 4.78 is 5.72. The van der Waals surface area contributed by atoms with Crippen LogP contribution in [0.5, 0.6) is 5.75 Å². The zero-order chi connectivity index (χ0) is 17.7. The van der Waals surface area contributed by atoms with Crippen molar-refractivity contribution in [2.24, 2.45) is 5.73 Å². The van der Waals surface area contributed by atoms with E-state index in [-0.39, 0.29) is 12.5 Å². The molecule has 2 rings (SSSR count). The number of carbonyl (C=O) groups excluding carboxylic acids is 1. The third-order valence-electron chi connectivity index (χ3n) is 3.60. The van der Waals surface area contributed by atoms with E-state index in [0.717, 1.165) is 22.4 Å². The van der Waals surface area contributed by atoms with Gasteiger partial charge in [0.15, 0.2) is 6.61 Å². The monoisotopic (exact) mass is 342 g/mol. The second-order valence-electron chi connectivity index (χ2n) is 5.97. The molecule has 2 aromatic carbocycles. The Bertz CT molecular complexity index is 740. The quantitative estimate of drug-likeness (QED) is 0.784. The number of rotatable bonds is 6. The maximum absolute atomic E-state index is 12.1. The zero-order valence-corrected chi connectivity index (χ0v) is 14.9. The Morgan fingerprint density at radius 1 is 1.21 bits per heavy atom. The summed E-state index contributed by atoms with van der Waals surface area (Å²) in [5.74, 6) is 0.870. The van der Waals surface area contributed by atoms with Gasteiger partial charge in [0.1, 0.15) is 10.7 Å². The molecular formula is C19H22N2O2S. The Labute approximate surface area is 148 Å². The molecule has 1 amide bonds. The molecule has 0 atom stereocenters. The minimum absolute atomic E-state index is 0.0414. The average molecular weight is 342 g/mol. The number of aryl methyl sites for hydroxylation is 1. The number of nitrogens with two attached hydrogens (primary N) is 1. The molecule has 0 spiro atoms. The molecule has 0 heterocycles. The summed E-state index contributed by atoms with van der Waals surface area (Å²) in [6, 6.07) is 13.1. The van der Waals surface area contributed by atoms with Crippen molar-refractivity contribution >= 4 is 28.8 Å². The highest BCUT2D eigenvalue weighted by Gasteiger charge is 2.10. The maximum Gasteiger partial charge on any atom is 0.262 e. The zero-order valence-electron chi connectivity index (χ0n) is 14.1. The number of nitrogens with one attached hydrogen (secondary N) is 1. The SMILES string of the molecule is Cc1ccc(C(C)C)c(OCC(=O)Nc2ccc(C(N)=S)cc2)c1. The van der Waals surface area contributed by atoms with Gasteiger partial charge in [-0.2, -0.15) is 0 Å². The molecule has 2 aromatic rings. The Balaban J connectivity index is 1.98. The predicted octanol–water partition coefficient (Wildman–Crippen LogP) is 3.77. The standard InChI is InChI=1S/C19H22N2O2S/c1-12(2)16-9-4-13(3)10-17(16)23-11-18(22)21-15-7-5-14(6-8-15)19(20)24/h4-10,12H,11H2,1-3H3,(H2,20,24)(H,21,22). The number of anilines is 1. The van der Waals surface area contributed by atoms with Gasteiger partial charge in [0.2, 0.25) is 0 Å². The van der Waals surface area contributed by atoms with E-state index in [9.17, 15) is 4.79 Å². The lowest BCUT2D eigenvalue weighted by Crippen LogP contribution is -2.20. The van der Waals surface area contributed by atoms with Crippen LogP contribution >= 0.6 is 12.2 Å². The van der Waals surface area contributed by atoms with Crippen LogP contribution in [0, 0.1) is 6.92 Å². The largest absolute Gasteiger partial charge is 0.483 e. The number of carbonyl (C=O) groups is 1. The van der Waals surface area contributed by atoms with Crippen molar-refractivity contribution in [2.45, 2.75) is 26.7 Å². The van der Waals surface area contributed by atoms with Crippen molar-refractivity contribution in [3.8, 4) is 5.75 Å². The Morgan fingerprint density at radius 2 is 1.88 bits per heavy atom. The van der Waals surface area contributed by atoms with Gasteiger partial charge in [0, 0.05) is 11.3 Å². The number of hydrogen-bond acceptors (Lipinski definition) is 3. The van der Waals surface area contributed by atoms with E-state index >= 15 is 0 Å². The van der Waals surface area contributed by atoms with E-state index < -0.39 is 0 Å². The van der Waals surface area contributed by atoms with Gasteiger partial charge in [-0.25, -0.2) is 0 Å². The third kappa shape index (κ3) is 4.80. The first kappa shape index (κ1) is 17.9. The van der Waals surface area contributed by atoms with E-state index in [0.29, 0.717) is 16.6 Å². The van der Waals surface area contributed by atoms with Gasteiger partial charge in [-0.1, -0.05) is 38.2 Å². The summed E-state index contributed by atoms with van der Waals surface area (Å²) >= 11 is 4.90. The second-order valence-corrected chi connectivity index (χ2v) is 6.41. The minimum atomic E-state index is -0.214. The molecule has 0 saturated heterocycles. The van der Waals surface area contributed by atoms with Crippen molar-refractivity contribution in [2.75, 3.05) is 11.9 Å². The van der Waals surface area contributed by atoms with Gasteiger partial charge < -0.3 is 15.8 Å². The van der Waals surface area contributed by atoms with Gasteiger partial charge in [-0.3, -0.25) is 4.79 Å². The summed E-state index contributed by atoms with van der Waals surface area (Å²) in [6.45, 7) is 6.16. The molecule has 0 aliphatic rings. The first-order chi connectivity index (χ1) is 11.4. The van der Waals surface area contributed by atoms with Crippen LogP contribution in [0.2, 0.25) is 0 Å². The molecule has 0 fully saturated rings. The minimum Gasteiger partial charge on any atom is -0.483 e. The molecule has 0 saturated carbocycles. The molecule has 4 nitrogen and oxygen atoms in total. The molecule has 0 bridgehead atoms. The predicted molar refractivity (Wildman–Crippen MR) is 102 cm³/mol. The summed E-state index contributed by atoms with van der Waals surface area (Å²) in [7, 11) is 0. The number of hydrogen-bond donors (Lipinski definition) is 2. The lowest BCUT2D eigenvalue weighted by Gasteiger charge is -2.15.